The molecule has 1 N–H and O–H groups in total. The number of hydrogen-bond donors (Lipinski definition) is 1. The molecule has 0 radical (unpaired) electrons. The van der Waals surface area contributed by atoms with Gasteiger partial charge in [0.05, 0.1) is 15.9 Å². The second-order valence-electron chi connectivity index (χ2n) is 5.70. The topological polar surface area (TPSA) is 54.9 Å². The van der Waals surface area contributed by atoms with Crippen molar-refractivity contribution in [3.05, 3.63) is 23.0 Å². The molecule has 4 nitrogen and oxygen atoms in total. The first-order valence-corrected chi connectivity index (χ1v) is 9.13. The first kappa shape index (κ1) is 13.8. The summed E-state index contributed by atoms with van der Waals surface area (Å²) in [5.41, 5.74) is 1.54. The molecule has 2 aromatic rings. The van der Waals surface area contributed by atoms with E-state index in [9.17, 15) is 8.42 Å². The molecule has 1 fully saturated rings. The number of sulfone groups is 1. The second-order valence-corrected chi connectivity index (χ2v) is 8.07. The lowest BCUT2D eigenvalue weighted by atomic mass is 10.1. The van der Waals surface area contributed by atoms with Gasteiger partial charge < -0.3 is 9.55 Å². The number of para-hydroxylation sites is 1. The van der Waals surface area contributed by atoms with Crippen molar-refractivity contribution >= 4 is 33.1 Å². The summed E-state index contributed by atoms with van der Waals surface area (Å²) in [5, 5.41) is 0. The number of fused-ring (bicyclic) bond motifs is 1. The van der Waals surface area contributed by atoms with Gasteiger partial charge in [-0.1, -0.05) is 19.4 Å². The molecule has 1 aromatic heterocycles. The van der Waals surface area contributed by atoms with Crippen LogP contribution in [0.25, 0.3) is 11.0 Å². The molecule has 108 valence electrons. The SMILES string of the molecule is CC1CCCC1n1c(=S)[nH]c2c(S(C)(=O)=O)cccc21. The van der Waals surface area contributed by atoms with E-state index in [0.717, 1.165) is 11.9 Å². The molecule has 0 saturated heterocycles. The maximum absolute atomic E-state index is 11.9. The Labute approximate surface area is 123 Å². The Morgan fingerprint density at radius 3 is 2.70 bits per heavy atom. The summed E-state index contributed by atoms with van der Waals surface area (Å²) in [6.45, 7) is 2.23. The predicted molar refractivity (Wildman–Crippen MR) is 82.3 cm³/mol. The molecule has 0 aliphatic heterocycles. The standard InChI is InChI=1S/C14H18N2O2S2/c1-9-5-3-6-10(9)16-11-7-4-8-12(20(2,17)18)13(11)15-14(16)19/h4,7-10H,3,5-6H2,1-2H3,(H,15,19). The molecule has 2 atom stereocenters. The van der Waals surface area contributed by atoms with Crippen LogP contribution in [0, 0.1) is 10.7 Å². The fourth-order valence-corrected chi connectivity index (χ4v) is 4.46. The number of H-pyrrole nitrogens is 1. The van der Waals surface area contributed by atoms with Crippen molar-refractivity contribution in [2.24, 2.45) is 5.92 Å². The van der Waals surface area contributed by atoms with Crippen molar-refractivity contribution in [3.8, 4) is 0 Å². The largest absolute Gasteiger partial charge is 0.329 e. The van der Waals surface area contributed by atoms with Crippen LogP contribution in [0.4, 0.5) is 0 Å². The van der Waals surface area contributed by atoms with Gasteiger partial charge in [-0.3, -0.25) is 0 Å². The van der Waals surface area contributed by atoms with E-state index < -0.39 is 9.84 Å². The van der Waals surface area contributed by atoms with Crippen LogP contribution in [0.5, 0.6) is 0 Å². The highest BCUT2D eigenvalue weighted by atomic mass is 32.2. The molecule has 20 heavy (non-hydrogen) atoms. The van der Waals surface area contributed by atoms with Crippen molar-refractivity contribution in [3.63, 3.8) is 0 Å². The fourth-order valence-electron chi connectivity index (χ4n) is 3.27. The summed E-state index contributed by atoms with van der Waals surface area (Å²) in [7, 11) is -3.26. The van der Waals surface area contributed by atoms with Crippen LogP contribution in [0.1, 0.15) is 32.2 Å². The molecule has 3 rings (SSSR count). The normalized spacial score (nSPS) is 23.5. The van der Waals surface area contributed by atoms with Gasteiger partial charge in [0.1, 0.15) is 0 Å². The first-order chi connectivity index (χ1) is 9.39. The van der Waals surface area contributed by atoms with Crippen molar-refractivity contribution in [1.82, 2.24) is 9.55 Å². The van der Waals surface area contributed by atoms with Gasteiger partial charge in [-0.05, 0) is 43.1 Å². The summed E-state index contributed by atoms with van der Waals surface area (Å²) in [6.07, 6.45) is 4.73. The zero-order chi connectivity index (χ0) is 14.5. The molecular weight excluding hydrogens is 292 g/mol. The van der Waals surface area contributed by atoms with Crippen LogP contribution in [0.15, 0.2) is 23.1 Å². The van der Waals surface area contributed by atoms with Gasteiger partial charge in [0.15, 0.2) is 14.6 Å². The summed E-state index contributed by atoms with van der Waals surface area (Å²) in [4.78, 5) is 3.42. The van der Waals surface area contributed by atoms with E-state index in [0.29, 0.717) is 27.1 Å². The average Bonchev–Trinajstić information content (AvgIpc) is 2.89. The Morgan fingerprint density at radius 2 is 2.10 bits per heavy atom. The molecule has 0 spiro atoms. The minimum Gasteiger partial charge on any atom is -0.329 e. The van der Waals surface area contributed by atoms with E-state index in [1.54, 1.807) is 12.1 Å². The third kappa shape index (κ3) is 2.11. The number of imidazole rings is 1. The third-order valence-corrected chi connectivity index (χ3v) is 5.70. The lowest BCUT2D eigenvalue weighted by Crippen LogP contribution is -2.11. The maximum atomic E-state index is 11.9. The Hall–Kier alpha value is -1.14. The number of benzene rings is 1. The number of nitrogens with one attached hydrogen (secondary N) is 1. The van der Waals surface area contributed by atoms with Crippen LogP contribution in [0.2, 0.25) is 0 Å². The number of rotatable bonds is 2. The van der Waals surface area contributed by atoms with E-state index in [1.165, 1.54) is 19.1 Å². The Bertz CT molecular complexity index is 817. The lowest BCUT2D eigenvalue weighted by Gasteiger charge is -2.18. The summed E-state index contributed by atoms with van der Waals surface area (Å²) in [6, 6.07) is 5.73. The molecule has 1 aliphatic carbocycles. The third-order valence-electron chi connectivity index (χ3n) is 4.26. The van der Waals surface area contributed by atoms with Crippen molar-refractivity contribution in [1.29, 1.82) is 0 Å². The second kappa shape index (κ2) is 4.70. The highest BCUT2D eigenvalue weighted by Crippen LogP contribution is 2.38. The highest BCUT2D eigenvalue weighted by Gasteiger charge is 2.27. The van der Waals surface area contributed by atoms with Crippen LogP contribution >= 0.6 is 12.2 Å². The predicted octanol–water partition coefficient (Wildman–Crippen LogP) is 3.46. The number of aromatic nitrogens is 2. The Morgan fingerprint density at radius 1 is 1.35 bits per heavy atom. The highest BCUT2D eigenvalue weighted by molar-refractivity contribution is 7.91. The average molecular weight is 310 g/mol. The Balaban J connectivity index is 2.31. The van der Waals surface area contributed by atoms with Crippen LogP contribution in [-0.2, 0) is 9.84 Å². The van der Waals surface area contributed by atoms with Crippen molar-refractivity contribution in [2.75, 3.05) is 6.26 Å². The summed E-state index contributed by atoms with van der Waals surface area (Å²) >= 11 is 5.44. The van der Waals surface area contributed by atoms with Gasteiger partial charge in [0.25, 0.3) is 0 Å². The molecule has 1 aliphatic rings. The van der Waals surface area contributed by atoms with Gasteiger partial charge in [-0.25, -0.2) is 8.42 Å². The molecule has 1 heterocycles. The summed E-state index contributed by atoms with van der Waals surface area (Å²) < 4.78 is 26.5. The van der Waals surface area contributed by atoms with Crippen molar-refractivity contribution < 1.29 is 8.42 Å². The van der Waals surface area contributed by atoms with Crippen molar-refractivity contribution in [2.45, 2.75) is 37.1 Å². The van der Waals surface area contributed by atoms with E-state index in [1.807, 2.05) is 6.07 Å². The zero-order valence-electron chi connectivity index (χ0n) is 11.6. The van der Waals surface area contributed by atoms with Gasteiger partial charge in [-0.15, -0.1) is 0 Å². The molecule has 2 unspecified atom stereocenters. The van der Waals surface area contributed by atoms with E-state index >= 15 is 0 Å². The minimum absolute atomic E-state index is 0.325. The van der Waals surface area contributed by atoms with Crippen LogP contribution < -0.4 is 0 Å². The van der Waals surface area contributed by atoms with Crippen LogP contribution in [-0.4, -0.2) is 24.2 Å². The molecule has 1 saturated carbocycles. The van der Waals surface area contributed by atoms with Gasteiger partial charge in [-0.2, -0.15) is 0 Å². The molecular formula is C14H18N2O2S2. The monoisotopic (exact) mass is 310 g/mol. The number of hydrogen-bond acceptors (Lipinski definition) is 3. The molecule has 0 bridgehead atoms. The number of aromatic amines is 1. The number of nitrogens with zero attached hydrogens (tertiary/aromatic N) is 1. The van der Waals surface area contributed by atoms with E-state index in [-0.39, 0.29) is 0 Å². The van der Waals surface area contributed by atoms with E-state index in [2.05, 4.69) is 16.5 Å². The molecule has 6 heteroatoms. The zero-order valence-corrected chi connectivity index (χ0v) is 13.2. The fraction of sp³-hybridized carbons (Fsp3) is 0.500. The maximum Gasteiger partial charge on any atom is 0.178 e. The van der Waals surface area contributed by atoms with E-state index in [4.69, 9.17) is 12.2 Å². The smallest absolute Gasteiger partial charge is 0.178 e. The minimum atomic E-state index is -3.26. The van der Waals surface area contributed by atoms with Gasteiger partial charge >= 0.3 is 0 Å². The quantitative estimate of drug-likeness (QED) is 0.864. The van der Waals surface area contributed by atoms with Gasteiger partial charge in [0, 0.05) is 12.3 Å². The molecule has 0 amide bonds. The Kier molecular flexibility index (Phi) is 3.25. The summed E-state index contributed by atoms with van der Waals surface area (Å²) in [5.74, 6) is 0.572. The lowest BCUT2D eigenvalue weighted by molar-refractivity contribution is 0.413. The van der Waals surface area contributed by atoms with Crippen LogP contribution in [0.3, 0.4) is 0 Å². The molecule has 1 aromatic carbocycles. The van der Waals surface area contributed by atoms with Gasteiger partial charge in [0.2, 0.25) is 0 Å². The first-order valence-electron chi connectivity index (χ1n) is 6.83.